The van der Waals surface area contributed by atoms with Gasteiger partial charge < -0.3 is 10.1 Å². The summed E-state index contributed by atoms with van der Waals surface area (Å²) in [4.78, 5) is 24.4. The number of thiocarbonyl (C=S) groups is 1. The van der Waals surface area contributed by atoms with Crippen LogP contribution >= 0.6 is 23.6 Å². The van der Waals surface area contributed by atoms with E-state index < -0.39 is 5.97 Å². The topological polar surface area (TPSA) is 67.4 Å². The monoisotopic (exact) mass is 346 g/mol. The van der Waals surface area contributed by atoms with E-state index in [1.807, 2.05) is 17.5 Å². The minimum absolute atomic E-state index is 0.0992. The van der Waals surface area contributed by atoms with Crippen molar-refractivity contribution >= 4 is 52.3 Å². The lowest BCUT2D eigenvalue weighted by molar-refractivity contribution is -0.115. The predicted molar refractivity (Wildman–Crippen MR) is 95.5 cm³/mol. The Morgan fingerprint density at radius 1 is 1.22 bits per heavy atom. The zero-order valence-electron chi connectivity index (χ0n) is 12.2. The van der Waals surface area contributed by atoms with Gasteiger partial charge in [0.1, 0.15) is 0 Å². The second-order valence-electron chi connectivity index (χ2n) is 4.33. The summed E-state index contributed by atoms with van der Waals surface area (Å²) in [6.45, 7) is 0. The molecule has 118 valence electrons. The third kappa shape index (κ3) is 5.01. The van der Waals surface area contributed by atoms with Gasteiger partial charge in [-0.25, -0.2) is 4.79 Å². The molecule has 0 aliphatic carbocycles. The second-order valence-corrected chi connectivity index (χ2v) is 5.72. The molecule has 0 fully saturated rings. The lowest BCUT2D eigenvalue weighted by atomic mass is 10.2. The summed E-state index contributed by atoms with van der Waals surface area (Å²) in [5.74, 6) is -0.841. The number of thiophene rings is 1. The van der Waals surface area contributed by atoms with Gasteiger partial charge in [0.25, 0.3) is 0 Å². The van der Waals surface area contributed by atoms with Gasteiger partial charge in [-0.15, -0.1) is 11.3 Å². The zero-order chi connectivity index (χ0) is 16.7. The third-order valence-corrected chi connectivity index (χ3v) is 3.80. The van der Waals surface area contributed by atoms with Crippen molar-refractivity contribution in [3.05, 3.63) is 58.3 Å². The van der Waals surface area contributed by atoms with Gasteiger partial charge in [0.2, 0.25) is 5.91 Å². The van der Waals surface area contributed by atoms with E-state index in [0.717, 1.165) is 4.88 Å². The Kier molecular flexibility index (Phi) is 6.02. The molecule has 0 unspecified atom stereocenters. The number of methoxy groups -OCH3 is 1. The van der Waals surface area contributed by atoms with E-state index in [-0.39, 0.29) is 11.0 Å². The van der Waals surface area contributed by atoms with Crippen molar-refractivity contribution in [2.75, 3.05) is 12.4 Å². The number of hydrogen-bond donors (Lipinski definition) is 2. The summed E-state index contributed by atoms with van der Waals surface area (Å²) >= 11 is 6.61. The lowest BCUT2D eigenvalue weighted by Crippen LogP contribution is -2.33. The number of nitrogens with one attached hydrogen (secondary N) is 2. The van der Waals surface area contributed by atoms with E-state index in [0.29, 0.717) is 11.3 Å². The molecule has 0 bridgehead atoms. The normalized spacial score (nSPS) is 10.3. The van der Waals surface area contributed by atoms with E-state index >= 15 is 0 Å². The van der Waals surface area contributed by atoms with Gasteiger partial charge in [-0.1, -0.05) is 18.2 Å². The molecule has 1 aromatic heterocycles. The lowest BCUT2D eigenvalue weighted by Gasteiger charge is -2.11. The number of anilines is 1. The molecule has 0 saturated carbocycles. The molecular formula is C16H14N2O3S2. The van der Waals surface area contributed by atoms with Crippen LogP contribution in [0, 0.1) is 0 Å². The highest BCUT2D eigenvalue weighted by molar-refractivity contribution is 7.80. The summed E-state index contributed by atoms with van der Waals surface area (Å²) in [7, 11) is 1.30. The van der Waals surface area contributed by atoms with Crippen molar-refractivity contribution in [1.82, 2.24) is 5.32 Å². The number of rotatable bonds is 4. The summed E-state index contributed by atoms with van der Waals surface area (Å²) < 4.78 is 4.70. The number of ether oxygens (including phenoxy) is 1. The van der Waals surface area contributed by atoms with Crippen molar-refractivity contribution in [1.29, 1.82) is 0 Å². The molecule has 2 aromatic rings. The van der Waals surface area contributed by atoms with E-state index in [9.17, 15) is 9.59 Å². The van der Waals surface area contributed by atoms with Crippen LogP contribution in [0.5, 0.6) is 0 Å². The van der Waals surface area contributed by atoms with Gasteiger partial charge in [-0.2, -0.15) is 0 Å². The fourth-order valence-electron chi connectivity index (χ4n) is 1.73. The molecule has 0 radical (unpaired) electrons. The van der Waals surface area contributed by atoms with Gasteiger partial charge >= 0.3 is 5.97 Å². The maximum absolute atomic E-state index is 11.8. The Morgan fingerprint density at radius 2 is 2.00 bits per heavy atom. The molecule has 1 aromatic carbocycles. The average Bonchev–Trinajstić information content (AvgIpc) is 3.06. The molecule has 23 heavy (non-hydrogen) atoms. The van der Waals surface area contributed by atoms with Crippen LogP contribution in [0.1, 0.15) is 15.2 Å². The number of carbonyl (C=O) groups is 2. The Hall–Kier alpha value is -2.51. The van der Waals surface area contributed by atoms with Gasteiger partial charge in [0.05, 0.1) is 18.4 Å². The van der Waals surface area contributed by atoms with Crippen LogP contribution in [-0.2, 0) is 9.53 Å². The van der Waals surface area contributed by atoms with E-state index in [1.165, 1.54) is 24.5 Å². The SMILES string of the molecule is COC(=O)c1ccccc1NC(=S)NC(=O)/C=C/c1cccs1. The first-order valence-electron chi connectivity index (χ1n) is 6.61. The van der Waals surface area contributed by atoms with Crippen molar-refractivity contribution < 1.29 is 14.3 Å². The number of esters is 1. The molecule has 0 spiro atoms. The van der Waals surface area contributed by atoms with Gasteiger partial charge in [-0.3, -0.25) is 10.1 Å². The number of para-hydroxylation sites is 1. The number of amides is 1. The number of hydrogen-bond acceptors (Lipinski definition) is 5. The first kappa shape index (κ1) is 16.9. The Morgan fingerprint density at radius 3 is 2.70 bits per heavy atom. The number of benzene rings is 1. The van der Waals surface area contributed by atoms with Crippen LogP contribution in [0.15, 0.2) is 47.9 Å². The first-order chi connectivity index (χ1) is 11.1. The fourth-order valence-corrected chi connectivity index (χ4v) is 2.56. The van der Waals surface area contributed by atoms with Gasteiger partial charge in [-0.05, 0) is 41.9 Å². The quantitative estimate of drug-likeness (QED) is 0.506. The molecule has 2 rings (SSSR count). The Labute approximate surface area is 143 Å². The van der Waals surface area contributed by atoms with Crippen LogP contribution in [0.3, 0.4) is 0 Å². The van der Waals surface area contributed by atoms with Crippen LogP contribution in [0.4, 0.5) is 5.69 Å². The summed E-state index contributed by atoms with van der Waals surface area (Å²) in [5.41, 5.74) is 0.799. The van der Waals surface area contributed by atoms with Crippen LogP contribution in [-0.4, -0.2) is 24.1 Å². The first-order valence-corrected chi connectivity index (χ1v) is 7.90. The summed E-state index contributed by atoms with van der Waals surface area (Å²) in [6.07, 6.45) is 3.09. The van der Waals surface area contributed by atoms with Gasteiger partial charge in [0.15, 0.2) is 5.11 Å². The molecule has 0 atom stereocenters. The minimum Gasteiger partial charge on any atom is -0.465 e. The molecule has 5 nitrogen and oxygen atoms in total. The van der Waals surface area contributed by atoms with Crippen LogP contribution < -0.4 is 10.6 Å². The Balaban J connectivity index is 1.97. The van der Waals surface area contributed by atoms with Crippen molar-refractivity contribution in [3.8, 4) is 0 Å². The van der Waals surface area contributed by atoms with Crippen molar-refractivity contribution in [2.24, 2.45) is 0 Å². The molecule has 2 N–H and O–H groups in total. The summed E-state index contributed by atoms with van der Waals surface area (Å²) in [5, 5.41) is 7.36. The predicted octanol–water partition coefficient (Wildman–Crippen LogP) is 3.06. The second kappa shape index (κ2) is 8.21. The highest BCUT2D eigenvalue weighted by Gasteiger charge is 2.12. The zero-order valence-corrected chi connectivity index (χ0v) is 13.9. The maximum atomic E-state index is 11.8. The van der Waals surface area contributed by atoms with Gasteiger partial charge in [0, 0.05) is 11.0 Å². The largest absolute Gasteiger partial charge is 0.465 e. The smallest absolute Gasteiger partial charge is 0.339 e. The summed E-state index contributed by atoms with van der Waals surface area (Å²) in [6, 6.07) is 10.5. The van der Waals surface area contributed by atoms with Crippen molar-refractivity contribution in [2.45, 2.75) is 0 Å². The maximum Gasteiger partial charge on any atom is 0.339 e. The third-order valence-electron chi connectivity index (χ3n) is 2.76. The molecule has 1 heterocycles. The van der Waals surface area contributed by atoms with E-state index in [4.69, 9.17) is 17.0 Å². The fraction of sp³-hybridized carbons (Fsp3) is 0.0625. The van der Waals surface area contributed by atoms with E-state index in [1.54, 1.807) is 30.3 Å². The number of carbonyl (C=O) groups excluding carboxylic acids is 2. The molecule has 1 amide bonds. The highest BCUT2D eigenvalue weighted by atomic mass is 32.1. The van der Waals surface area contributed by atoms with E-state index in [2.05, 4.69) is 10.6 Å². The van der Waals surface area contributed by atoms with Crippen molar-refractivity contribution in [3.63, 3.8) is 0 Å². The minimum atomic E-state index is -0.486. The standard InChI is InChI=1S/C16H14N2O3S2/c1-21-15(20)12-6-2-3-7-13(12)17-16(22)18-14(19)9-8-11-5-4-10-23-11/h2-10H,1H3,(H2,17,18,19,22)/b9-8+. The Bertz CT molecular complexity index is 740. The molecule has 0 saturated heterocycles. The average molecular weight is 346 g/mol. The molecular weight excluding hydrogens is 332 g/mol. The molecule has 0 aliphatic heterocycles. The molecule has 7 heteroatoms. The van der Waals surface area contributed by atoms with Crippen LogP contribution in [0.2, 0.25) is 0 Å². The molecule has 0 aliphatic rings. The highest BCUT2D eigenvalue weighted by Crippen LogP contribution is 2.15. The van der Waals surface area contributed by atoms with Crippen LogP contribution in [0.25, 0.3) is 6.08 Å².